The van der Waals surface area contributed by atoms with Crippen molar-refractivity contribution in [2.75, 3.05) is 12.4 Å². The number of aliphatic carboxylic acids is 1. The molecule has 1 aromatic heterocycles. The van der Waals surface area contributed by atoms with Gasteiger partial charge in [-0.25, -0.2) is 0 Å². The summed E-state index contributed by atoms with van der Waals surface area (Å²) in [6.45, 7) is 0.127. The van der Waals surface area contributed by atoms with Crippen LogP contribution in [-0.4, -0.2) is 28.7 Å². The summed E-state index contributed by atoms with van der Waals surface area (Å²) in [5.41, 5.74) is 1.79. The number of anilines is 1. The molecule has 2 N–H and O–H groups in total. The third kappa shape index (κ3) is 3.70. The SMILES string of the molecule is COCc1ccccc1NC(=O)c1cccn1CC(=O)O. The molecule has 110 valence electrons. The summed E-state index contributed by atoms with van der Waals surface area (Å²) in [5.74, 6) is -1.36. The number of hydrogen-bond acceptors (Lipinski definition) is 3. The quantitative estimate of drug-likeness (QED) is 0.851. The molecule has 6 heteroatoms. The average molecular weight is 288 g/mol. The minimum Gasteiger partial charge on any atom is -0.480 e. The summed E-state index contributed by atoms with van der Waals surface area (Å²) in [5, 5.41) is 11.6. The molecule has 0 saturated heterocycles. The van der Waals surface area contributed by atoms with Gasteiger partial charge in [0.25, 0.3) is 5.91 Å². The van der Waals surface area contributed by atoms with Crippen molar-refractivity contribution in [1.29, 1.82) is 0 Å². The molecular formula is C15H16N2O4. The van der Waals surface area contributed by atoms with E-state index in [2.05, 4.69) is 5.32 Å². The minimum absolute atomic E-state index is 0.254. The first-order valence-electron chi connectivity index (χ1n) is 6.37. The summed E-state index contributed by atoms with van der Waals surface area (Å²) in [4.78, 5) is 23.0. The first-order valence-corrected chi connectivity index (χ1v) is 6.37. The molecule has 0 bridgehead atoms. The van der Waals surface area contributed by atoms with Crippen LogP contribution in [0.4, 0.5) is 5.69 Å². The molecule has 1 heterocycles. The number of carboxylic acids is 1. The molecule has 0 aliphatic heterocycles. The molecule has 1 aromatic carbocycles. The number of carbonyl (C=O) groups is 2. The molecule has 0 spiro atoms. The second-order valence-electron chi connectivity index (χ2n) is 4.46. The van der Waals surface area contributed by atoms with Crippen LogP contribution < -0.4 is 5.32 Å². The maximum atomic E-state index is 12.3. The summed E-state index contributed by atoms with van der Waals surface area (Å²) in [7, 11) is 1.58. The maximum Gasteiger partial charge on any atom is 0.323 e. The van der Waals surface area contributed by atoms with E-state index in [0.717, 1.165) is 5.56 Å². The summed E-state index contributed by atoms with van der Waals surface area (Å²) in [6.07, 6.45) is 1.56. The lowest BCUT2D eigenvalue weighted by molar-refractivity contribution is -0.137. The van der Waals surface area contributed by atoms with Gasteiger partial charge in [0.1, 0.15) is 12.2 Å². The highest BCUT2D eigenvalue weighted by Gasteiger charge is 2.14. The highest BCUT2D eigenvalue weighted by molar-refractivity contribution is 6.03. The molecule has 0 aliphatic rings. The van der Waals surface area contributed by atoms with Crippen molar-refractivity contribution in [2.45, 2.75) is 13.2 Å². The Morgan fingerprint density at radius 1 is 1.24 bits per heavy atom. The van der Waals surface area contributed by atoms with Crippen molar-refractivity contribution in [1.82, 2.24) is 4.57 Å². The standard InChI is InChI=1S/C15H16N2O4/c1-21-10-11-5-2-3-6-12(11)16-15(20)13-7-4-8-17(13)9-14(18)19/h2-8H,9-10H2,1H3,(H,16,20)(H,18,19). The van der Waals surface area contributed by atoms with E-state index in [1.807, 2.05) is 18.2 Å². The predicted molar refractivity (Wildman–Crippen MR) is 77.2 cm³/mol. The van der Waals surface area contributed by atoms with Crippen LogP contribution in [0.1, 0.15) is 16.1 Å². The Balaban J connectivity index is 2.19. The summed E-state index contributed by atoms with van der Waals surface area (Å²) in [6, 6.07) is 10.5. The van der Waals surface area contributed by atoms with E-state index in [9.17, 15) is 9.59 Å². The van der Waals surface area contributed by atoms with E-state index < -0.39 is 5.97 Å². The van der Waals surface area contributed by atoms with Gasteiger partial charge in [-0.1, -0.05) is 18.2 Å². The number of methoxy groups -OCH3 is 1. The van der Waals surface area contributed by atoms with Gasteiger partial charge in [-0.2, -0.15) is 0 Å². The molecule has 0 unspecified atom stereocenters. The van der Waals surface area contributed by atoms with Crippen LogP contribution in [0.25, 0.3) is 0 Å². The highest BCUT2D eigenvalue weighted by atomic mass is 16.5. The third-order valence-corrected chi connectivity index (χ3v) is 2.93. The monoisotopic (exact) mass is 288 g/mol. The molecule has 0 aliphatic carbocycles. The average Bonchev–Trinajstić information content (AvgIpc) is 2.88. The van der Waals surface area contributed by atoms with Crippen LogP contribution in [-0.2, 0) is 22.7 Å². The van der Waals surface area contributed by atoms with E-state index in [1.165, 1.54) is 4.57 Å². The molecule has 0 fully saturated rings. The largest absolute Gasteiger partial charge is 0.480 e. The van der Waals surface area contributed by atoms with E-state index in [4.69, 9.17) is 9.84 Å². The van der Waals surface area contributed by atoms with E-state index >= 15 is 0 Å². The van der Waals surface area contributed by atoms with E-state index in [0.29, 0.717) is 18.0 Å². The fourth-order valence-corrected chi connectivity index (χ4v) is 2.01. The van der Waals surface area contributed by atoms with Crippen LogP contribution in [0.5, 0.6) is 0 Å². The Kier molecular flexibility index (Phi) is 4.73. The zero-order valence-electron chi connectivity index (χ0n) is 11.6. The summed E-state index contributed by atoms with van der Waals surface area (Å²) >= 11 is 0. The van der Waals surface area contributed by atoms with Gasteiger partial charge in [-0.3, -0.25) is 9.59 Å². The number of aromatic nitrogens is 1. The van der Waals surface area contributed by atoms with Crippen molar-refractivity contribution in [3.63, 3.8) is 0 Å². The zero-order chi connectivity index (χ0) is 15.2. The first-order chi connectivity index (χ1) is 10.1. The Bertz CT molecular complexity index is 649. The van der Waals surface area contributed by atoms with Crippen LogP contribution in [0, 0.1) is 0 Å². The number of rotatable bonds is 6. The van der Waals surface area contributed by atoms with Crippen LogP contribution >= 0.6 is 0 Å². The predicted octanol–water partition coefficient (Wildman–Crippen LogP) is 1.97. The number of benzene rings is 1. The van der Waals surface area contributed by atoms with Gasteiger partial charge >= 0.3 is 5.97 Å². The molecule has 21 heavy (non-hydrogen) atoms. The number of carboxylic acid groups (broad SMARTS) is 1. The van der Waals surface area contributed by atoms with Crippen molar-refractivity contribution in [3.8, 4) is 0 Å². The molecule has 0 saturated carbocycles. The van der Waals surface area contributed by atoms with Gasteiger partial charge in [0.05, 0.1) is 6.61 Å². The fourth-order valence-electron chi connectivity index (χ4n) is 2.01. The Morgan fingerprint density at radius 3 is 2.71 bits per heavy atom. The summed E-state index contributed by atoms with van der Waals surface area (Å²) < 4.78 is 6.47. The number of ether oxygens (including phenoxy) is 1. The van der Waals surface area contributed by atoms with Gasteiger partial charge in [-0.15, -0.1) is 0 Å². The van der Waals surface area contributed by atoms with Gasteiger partial charge in [0, 0.05) is 24.6 Å². The maximum absolute atomic E-state index is 12.3. The van der Waals surface area contributed by atoms with Gasteiger partial charge in [0.2, 0.25) is 0 Å². The van der Waals surface area contributed by atoms with Crippen LogP contribution in [0.15, 0.2) is 42.6 Å². The molecule has 0 atom stereocenters. The molecule has 2 rings (SSSR count). The number of hydrogen-bond donors (Lipinski definition) is 2. The van der Waals surface area contributed by atoms with Crippen LogP contribution in [0.3, 0.4) is 0 Å². The molecule has 6 nitrogen and oxygen atoms in total. The second-order valence-corrected chi connectivity index (χ2v) is 4.46. The Hall–Kier alpha value is -2.60. The number of para-hydroxylation sites is 1. The van der Waals surface area contributed by atoms with E-state index in [1.54, 1.807) is 31.5 Å². The van der Waals surface area contributed by atoms with E-state index in [-0.39, 0.29) is 12.5 Å². The van der Waals surface area contributed by atoms with Crippen molar-refractivity contribution in [3.05, 3.63) is 53.9 Å². The highest BCUT2D eigenvalue weighted by Crippen LogP contribution is 2.17. The number of nitrogens with zero attached hydrogens (tertiary/aromatic N) is 1. The minimum atomic E-state index is -1.000. The zero-order valence-corrected chi connectivity index (χ0v) is 11.6. The van der Waals surface area contributed by atoms with Crippen molar-refractivity contribution >= 4 is 17.6 Å². The Morgan fingerprint density at radius 2 is 2.00 bits per heavy atom. The smallest absolute Gasteiger partial charge is 0.323 e. The lowest BCUT2D eigenvalue weighted by atomic mass is 10.2. The Labute approximate surface area is 122 Å². The first kappa shape index (κ1) is 14.8. The second kappa shape index (κ2) is 6.71. The molecule has 2 aromatic rings. The van der Waals surface area contributed by atoms with Crippen LogP contribution in [0.2, 0.25) is 0 Å². The topological polar surface area (TPSA) is 80.6 Å². The third-order valence-electron chi connectivity index (χ3n) is 2.93. The van der Waals surface area contributed by atoms with Crippen molar-refractivity contribution in [2.24, 2.45) is 0 Å². The van der Waals surface area contributed by atoms with Crippen molar-refractivity contribution < 1.29 is 19.4 Å². The molecular weight excluding hydrogens is 272 g/mol. The molecule has 0 radical (unpaired) electrons. The van der Waals surface area contributed by atoms with Gasteiger partial charge < -0.3 is 19.7 Å². The lowest BCUT2D eigenvalue weighted by Gasteiger charge is -2.11. The number of nitrogens with one attached hydrogen (secondary N) is 1. The normalized spacial score (nSPS) is 10.3. The van der Waals surface area contributed by atoms with Gasteiger partial charge in [-0.05, 0) is 18.2 Å². The molecule has 1 amide bonds. The fraction of sp³-hybridized carbons (Fsp3) is 0.200. The lowest BCUT2D eigenvalue weighted by Crippen LogP contribution is -2.20. The number of carbonyl (C=O) groups excluding carboxylic acids is 1. The number of amides is 1. The van der Waals surface area contributed by atoms with Gasteiger partial charge in [0.15, 0.2) is 0 Å².